The van der Waals surface area contributed by atoms with Crippen LogP contribution in [0.5, 0.6) is 0 Å². The average Bonchev–Trinajstić information content (AvgIpc) is 1.83. The molecule has 0 aromatic carbocycles. The molecule has 0 radical (unpaired) electrons. The zero-order valence-electron chi connectivity index (χ0n) is 6.10. The van der Waals surface area contributed by atoms with E-state index in [2.05, 4.69) is 6.92 Å². The molecule has 0 fully saturated rings. The minimum Gasteiger partial charge on any atom is -0.393 e. The van der Waals surface area contributed by atoms with Crippen molar-refractivity contribution in [3.63, 3.8) is 0 Å². The molecule has 0 aliphatic carbocycles. The summed E-state index contributed by atoms with van der Waals surface area (Å²) < 4.78 is 0. The topological polar surface area (TPSA) is 20.2 Å². The molecule has 2 heteroatoms. The van der Waals surface area contributed by atoms with Crippen molar-refractivity contribution >= 4 is 11.6 Å². The molecule has 2 unspecified atom stereocenters. The Bertz CT molecular complexity index is 63.9. The Morgan fingerprint density at radius 1 is 1.33 bits per heavy atom. The molecule has 0 saturated carbocycles. The monoisotopic (exact) mass is 150 g/mol. The van der Waals surface area contributed by atoms with Crippen molar-refractivity contribution in [3.8, 4) is 0 Å². The zero-order valence-corrected chi connectivity index (χ0v) is 6.86. The highest BCUT2D eigenvalue weighted by Crippen LogP contribution is 2.08. The van der Waals surface area contributed by atoms with Gasteiger partial charge in [-0.15, -0.1) is 11.6 Å². The number of halogens is 1. The Balaban J connectivity index is 3.06. The van der Waals surface area contributed by atoms with Crippen molar-refractivity contribution in [3.05, 3.63) is 0 Å². The van der Waals surface area contributed by atoms with Crippen molar-refractivity contribution < 1.29 is 5.11 Å². The first-order chi connectivity index (χ1) is 4.16. The molecule has 0 bridgehead atoms. The van der Waals surface area contributed by atoms with E-state index >= 15 is 0 Å². The summed E-state index contributed by atoms with van der Waals surface area (Å²) >= 11 is 5.55. The van der Waals surface area contributed by atoms with E-state index in [1.165, 1.54) is 0 Å². The first-order valence-electron chi connectivity index (χ1n) is 3.40. The molecule has 2 atom stereocenters. The van der Waals surface area contributed by atoms with E-state index in [-0.39, 0.29) is 6.10 Å². The predicted octanol–water partition coefficient (Wildman–Crippen LogP) is 2.02. The number of hydrogen-bond acceptors (Lipinski definition) is 1. The number of alkyl halides is 1. The lowest BCUT2D eigenvalue weighted by atomic mass is 10.1. The highest BCUT2D eigenvalue weighted by Gasteiger charge is 2.01. The highest BCUT2D eigenvalue weighted by molar-refractivity contribution is 6.18. The van der Waals surface area contributed by atoms with E-state index in [1.54, 1.807) is 6.92 Å². The standard InChI is InChI=1S/C7H15ClO/c1-6(5-8)3-4-7(2)9/h6-7,9H,3-5H2,1-2H3. The molecule has 0 aromatic rings. The molecule has 0 rings (SSSR count). The predicted molar refractivity (Wildman–Crippen MR) is 40.8 cm³/mol. The van der Waals surface area contributed by atoms with Crippen LogP contribution in [0.1, 0.15) is 26.7 Å². The third-order valence-corrected chi connectivity index (χ3v) is 1.87. The first kappa shape index (κ1) is 9.25. The van der Waals surface area contributed by atoms with Gasteiger partial charge < -0.3 is 5.11 Å². The van der Waals surface area contributed by atoms with Crippen molar-refractivity contribution in [2.24, 2.45) is 5.92 Å². The quantitative estimate of drug-likeness (QED) is 0.608. The Labute approximate surface area is 62.0 Å². The van der Waals surface area contributed by atoms with Gasteiger partial charge in [-0.25, -0.2) is 0 Å². The second-order valence-corrected chi connectivity index (χ2v) is 2.99. The summed E-state index contributed by atoms with van der Waals surface area (Å²) in [7, 11) is 0. The lowest BCUT2D eigenvalue weighted by Crippen LogP contribution is -2.04. The van der Waals surface area contributed by atoms with E-state index < -0.39 is 0 Å². The fraction of sp³-hybridized carbons (Fsp3) is 1.00. The van der Waals surface area contributed by atoms with Crippen molar-refractivity contribution in [1.82, 2.24) is 0 Å². The Hall–Kier alpha value is 0.250. The van der Waals surface area contributed by atoms with Crippen LogP contribution in [0, 0.1) is 5.92 Å². The molecule has 0 heterocycles. The molecule has 0 amide bonds. The second kappa shape index (κ2) is 5.07. The minimum atomic E-state index is -0.171. The summed E-state index contributed by atoms with van der Waals surface area (Å²) in [6.45, 7) is 3.90. The molecule has 0 saturated heterocycles. The third kappa shape index (κ3) is 6.13. The van der Waals surface area contributed by atoms with Crippen LogP contribution in [0.2, 0.25) is 0 Å². The van der Waals surface area contributed by atoms with E-state index in [9.17, 15) is 0 Å². The molecular weight excluding hydrogens is 136 g/mol. The molecule has 9 heavy (non-hydrogen) atoms. The lowest BCUT2D eigenvalue weighted by Gasteiger charge is -2.07. The van der Waals surface area contributed by atoms with Crippen LogP contribution in [0.25, 0.3) is 0 Å². The first-order valence-corrected chi connectivity index (χ1v) is 3.94. The maximum absolute atomic E-state index is 8.85. The van der Waals surface area contributed by atoms with Crippen molar-refractivity contribution in [2.75, 3.05) is 5.88 Å². The van der Waals surface area contributed by atoms with E-state index in [0.717, 1.165) is 12.8 Å². The van der Waals surface area contributed by atoms with Crippen LogP contribution in [-0.4, -0.2) is 17.1 Å². The fourth-order valence-electron chi connectivity index (χ4n) is 0.603. The van der Waals surface area contributed by atoms with Crippen molar-refractivity contribution in [1.29, 1.82) is 0 Å². The smallest absolute Gasteiger partial charge is 0.0512 e. The fourth-order valence-corrected chi connectivity index (χ4v) is 0.757. The van der Waals surface area contributed by atoms with E-state index in [4.69, 9.17) is 16.7 Å². The Morgan fingerprint density at radius 2 is 1.89 bits per heavy atom. The summed E-state index contributed by atoms with van der Waals surface area (Å²) in [5.74, 6) is 1.24. The minimum absolute atomic E-state index is 0.171. The summed E-state index contributed by atoms with van der Waals surface area (Å²) in [5.41, 5.74) is 0. The van der Waals surface area contributed by atoms with Gasteiger partial charge in [-0.1, -0.05) is 6.92 Å². The number of hydrogen-bond donors (Lipinski definition) is 1. The molecule has 1 N–H and O–H groups in total. The average molecular weight is 151 g/mol. The number of rotatable bonds is 4. The van der Waals surface area contributed by atoms with Gasteiger partial charge in [0.15, 0.2) is 0 Å². The van der Waals surface area contributed by atoms with E-state index in [0.29, 0.717) is 11.8 Å². The number of aliphatic hydroxyl groups excluding tert-OH is 1. The molecule has 0 spiro atoms. The van der Waals surface area contributed by atoms with Crippen molar-refractivity contribution in [2.45, 2.75) is 32.8 Å². The Morgan fingerprint density at radius 3 is 2.22 bits per heavy atom. The summed E-state index contributed by atoms with van der Waals surface area (Å²) in [5, 5.41) is 8.85. The molecule has 0 aromatic heterocycles. The van der Waals surface area contributed by atoms with E-state index in [1.807, 2.05) is 0 Å². The van der Waals surface area contributed by atoms with Gasteiger partial charge in [0.05, 0.1) is 6.10 Å². The van der Waals surface area contributed by atoms with Gasteiger partial charge >= 0.3 is 0 Å². The van der Waals surface area contributed by atoms with Gasteiger partial charge in [0, 0.05) is 5.88 Å². The number of aliphatic hydroxyl groups is 1. The van der Waals surface area contributed by atoms with Gasteiger partial charge in [-0.3, -0.25) is 0 Å². The van der Waals surface area contributed by atoms with Gasteiger partial charge in [-0.2, -0.15) is 0 Å². The van der Waals surface area contributed by atoms with Crippen LogP contribution < -0.4 is 0 Å². The van der Waals surface area contributed by atoms with Crippen LogP contribution >= 0.6 is 11.6 Å². The van der Waals surface area contributed by atoms with Gasteiger partial charge in [0.1, 0.15) is 0 Å². The normalized spacial score (nSPS) is 17.3. The maximum atomic E-state index is 8.85. The summed E-state index contributed by atoms with van der Waals surface area (Å²) in [6.07, 6.45) is 1.73. The maximum Gasteiger partial charge on any atom is 0.0512 e. The summed E-state index contributed by atoms with van der Waals surface area (Å²) in [4.78, 5) is 0. The molecule has 56 valence electrons. The molecule has 0 aliphatic heterocycles. The van der Waals surface area contributed by atoms with Crippen LogP contribution in [0.15, 0.2) is 0 Å². The van der Waals surface area contributed by atoms with Crippen LogP contribution in [-0.2, 0) is 0 Å². The highest BCUT2D eigenvalue weighted by atomic mass is 35.5. The SMILES string of the molecule is CC(O)CCC(C)CCl. The Kier molecular flexibility index (Phi) is 5.21. The summed E-state index contributed by atoms with van der Waals surface area (Å²) in [6, 6.07) is 0. The lowest BCUT2D eigenvalue weighted by molar-refractivity contribution is 0.176. The van der Waals surface area contributed by atoms with Gasteiger partial charge in [-0.05, 0) is 25.7 Å². The van der Waals surface area contributed by atoms with Gasteiger partial charge in [0.2, 0.25) is 0 Å². The molecule has 1 nitrogen and oxygen atoms in total. The zero-order chi connectivity index (χ0) is 7.28. The van der Waals surface area contributed by atoms with Gasteiger partial charge in [0.25, 0.3) is 0 Å². The molecular formula is C7H15ClO. The molecule has 0 aliphatic rings. The van der Waals surface area contributed by atoms with Crippen LogP contribution in [0.4, 0.5) is 0 Å². The second-order valence-electron chi connectivity index (χ2n) is 2.69. The van der Waals surface area contributed by atoms with Crippen LogP contribution in [0.3, 0.4) is 0 Å². The largest absolute Gasteiger partial charge is 0.393 e. The third-order valence-electron chi connectivity index (χ3n) is 1.34.